The fourth-order valence-corrected chi connectivity index (χ4v) is 3.49. The number of rotatable bonds is 3. The lowest BCUT2D eigenvalue weighted by atomic mass is 9.94. The third-order valence-corrected chi connectivity index (χ3v) is 4.87. The molecule has 2 saturated heterocycles. The topological polar surface area (TPSA) is 70.5 Å². The second kappa shape index (κ2) is 6.60. The number of likely N-dealkylation sites (N-methyl/N-ethyl adjacent to an activating group) is 1. The van der Waals surface area contributed by atoms with Crippen LogP contribution in [0.1, 0.15) is 25.1 Å². The van der Waals surface area contributed by atoms with Crippen LogP contribution in [-0.4, -0.2) is 64.0 Å². The van der Waals surface area contributed by atoms with Crippen LogP contribution in [0.3, 0.4) is 0 Å². The molecule has 0 aromatic carbocycles. The van der Waals surface area contributed by atoms with Gasteiger partial charge in [0.15, 0.2) is 0 Å². The fraction of sp³-hybridized carbons (Fsp3) is 0.688. The third kappa shape index (κ3) is 3.65. The van der Waals surface area contributed by atoms with Crippen LogP contribution >= 0.6 is 0 Å². The zero-order valence-corrected chi connectivity index (χ0v) is 13.9. The van der Waals surface area contributed by atoms with Gasteiger partial charge in [0, 0.05) is 59.0 Å². The molecule has 1 aromatic rings. The average molecular weight is 319 g/mol. The van der Waals surface area contributed by atoms with Gasteiger partial charge >= 0.3 is 6.03 Å². The van der Waals surface area contributed by atoms with Gasteiger partial charge in [0.05, 0.1) is 6.04 Å². The molecular weight excluding hydrogens is 294 g/mol. The van der Waals surface area contributed by atoms with E-state index in [2.05, 4.69) is 10.3 Å². The molecular formula is C16H25N5O2. The molecule has 0 unspecified atom stereocenters. The van der Waals surface area contributed by atoms with E-state index in [0.717, 1.165) is 38.2 Å². The van der Waals surface area contributed by atoms with Crippen molar-refractivity contribution in [2.24, 2.45) is 13.0 Å². The maximum atomic E-state index is 12.4. The van der Waals surface area contributed by atoms with Crippen molar-refractivity contribution in [1.29, 1.82) is 0 Å². The number of piperidine rings is 1. The van der Waals surface area contributed by atoms with Gasteiger partial charge in [0.2, 0.25) is 5.91 Å². The molecule has 0 bridgehead atoms. The summed E-state index contributed by atoms with van der Waals surface area (Å²) in [4.78, 5) is 31.9. The highest BCUT2D eigenvalue weighted by atomic mass is 16.2. The Labute approximate surface area is 136 Å². The van der Waals surface area contributed by atoms with Gasteiger partial charge in [-0.05, 0) is 18.8 Å². The maximum absolute atomic E-state index is 12.4. The Kier molecular flexibility index (Phi) is 4.54. The number of hydrogen-bond donors (Lipinski definition) is 1. The minimum atomic E-state index is -0.0603. The number of nitrogens with one attached hydrogen (secondary N) is 1. The van der Waals surface area contributed by atoms with Crippen LogP contribution in [0.4, 0.5) is 4.79 Å². The zero-order chi connectivity index (χ0) is 16.4. The van der Waals surface area contributed by atoms with Crippen molar-refractivity contribution in [2.45, 2.75) is 31.7 Å². The molecule has 1 N–H and O–H groups in total. The van der Waals surface area contributed by atoms with E-state index < -0.39 is 0 Å². The van der Waals surface area contributed by atoms with E-state index >= 15 is 0 Å². The number of urea groups is 1. The molecule has 1 aromatic heterocycles. The molecule has 3 amide bonds. The SMILES string of the molecule is CN1C[C@H](NC(=O)N2CCC[C@H](Cc3nccn3C)C2)CC1=O. The van der Waals surface area contributed by atoms with Crippen molar-refractivity contribution in [3.8, 4) is 0 Å². The minimum absolute atomic E-state index is 0.0392. The number of nitrogens with zero attached hydrogens (tertiary/aromatic N) is 4. The molecule has 0 saturated carbocycles. The molecule has 7 heteroatoms. The summed E-state index contributed by atoms with van der Waals surface area (Å²) in [5, 5.41) is 3.00. The van der Waals surface area contributed by atoms with Gasteiger partial charge in [0.1, 0.15) is 5.82 Å². The van der Waals surface area contributed by atoms with Crippen LogP contribution in [0.15, 0.2) is 12.4 Å². The smallest absolute Gasteiger partial charge is 0.317 e. The van der Waals surface area contributed by atoms with E-state index in [1.54, 1.807) is 11.9 Å². The van der Waals surface area contributed by atoms with E-state index in [0.29, 0.717) is 18.9 Å². The Bertz CT molecular complexity index is 585. The Morgan fingerprint density at radius 1 is 1.39 bits per heavy atom. The van der Waals surface area contributed by atoms with Crippen LogP contribution in [0.2, 0.25) is 0 Å². The van der Waals surface area contributed by atoms with Gasteiger partial charge < -0.3 is 19.7 Å². The number of carbonyl (C=O) groups excluding carboxylic acids is 2. The third-order valence-electron chi connectivity index (χ3n) is 4.87. The highest BCUT2D eigenvalue weighted by Gasteiger charge is 2.31. The summed E-state index contributed by atoms with van der Waals surface area (Å²) in [6, 6.07) is -0.0995. The predicted molar refractivity (Wildman–Crippen MR) is 85.8 cm³/mol. The fourth-order valence-electron chi connectivity index (χ4n) is 3.49. The highest BCUT2D eigenvalue weighted by Crippen LogP contribution is 2.20. The van der Waals surface area contributed by atoms with Gasteiger partial charge in [-0.2, -0.15) is 0 Å². The second-order valence-corrected chi connectivity index (χ2v) is 6.74. The van der Waals surface area contributed by atoms with Crippen LogP contribution in [0.25, 0.3) is 0 Å². The standard InChI is InChI=1S/C16H25N5O2/c1-19-7-5-17-14(19)8-12-4-3-6-21(10-12)16(23)18-13-9-15(22)20(2)11-13/h5,7,12-13H,3-4,6,8-11H2,1-2H3,(H,18,23)/t12-,13-/m1/s1. The predicted octanol–water partition coefficient (Wildman–Crippen LogP) is 0.615. The van der Waals surface area contributed by atoms with Gasteiger partial charge in [-0.3, -0.25) is 4.79 Å². The largest absolute Gasteiger partial charge is 0.344 e. The van der Waals surface area contributed by atoms with Crippen molar-refractivity contribution in [2.75, 3.05) is 26.7 Å². The number of imidazole rings is 1. The van der Waals surface area contributed by atoms with E-state index in [9.17, 15) is 9.59 Å². The molecule has 3 rings (SSSR count). The Hall–Kier alpha value is -2.05. The van der Waals surface area contributed by atoms with Crippen molar-refractivity contribution in [3.05, 3.63) is 18.2 Å². The number of likely N-dealkylation sites (tertiary alicyclic amines) is 2. The van der Waals surface area contributed by atoms with Crippen LogP contribution in [0.5, 0.6) is 0 Å². The van der Waals surface area contributed by atoms with E-state index in [1.807, 2.05) is 28.9 Å². The summed E-state index contributed by atoms with van der Waals surface area (Å²) in [7, 11) is 3.78. The summed E-state index contributed by atoms with van der Waals surface area (Å²) < 4.78 is 2.04. The number of aryl methyl sites for hydroxylation is 1. The van der Waals surface area contributed by atoms with E-state index in [1.165, 1.54) is 0 Å². The summed E-state index contributed by atoms with van der Waals surface area (Å²) in [5.74, 6) is 1.62. The van der Waals surface area contributed by atoms with Gasteiger partial charge in [-0.15, -0.1) is 0 Å². The maximum Gasteiger partial charge on any atom is 0.317 e. The van der Waals surface area contributed by atoms with Crippen molar-refractivity contribution in [3.63, 3.8) is 0 Å². The monoisotopic (exact) mass is 319 g/mol. The van der Waals surface area contributed by atoms with Crippen LogP contribution in [0, 0.1) is 5.92 Å². The summed E-state index contributed by atoms with van der Waals surface area (Å²) >= 11 is 0. The molecule has 2 fully saturated rings. The van der Waals surface area contributed by atoms with Crippen molar-refractivity contribution < 1.29 is 9.59 Å². The number of amides is 3. The number of carbonyl (C=O) groups is 2. The second-order valence-electron chi connectivity index (χ2n) is 6.74. The van der Waals surface area contributed by atoms with E-state index in [4.69, 9.17) is 0 Å². The molecule has 126 valence electrons. The molecule has 3 heterocycles. The van der Waals surface area contributed by atoms with E-state index in [-0.39, 0.29) is 18.0 Å². The molecule has 2 aliphatic rings. The molecule has 23 heavy (non-hydrogen) atoms. The first-order chi connectivity index (χ1) is 11.0. The van der Waals surface area contributed by atoms with Crippen LogP contribution in [-0.2, 0) is 18.3 Å². The molecule has 0 aliphatic carbocycles. The quantitative estimate of drug-likeness (QED) is 0.887. The normalized spacial score (nSPS) is 25.0. The number of aromatic nitrogens is 2. The molecule has 0 spiro atoms. The lowest BCUT2D eigenvalue weighted by molar-refractivity contribution is -0.126. The van der Waals surface area contributed by atoms with Gasteiger partial charge in [-0.25, -0.2) is 9.78 Å². The summed E-state index contributed by atoms with van der Waals surface area (Å²) in [6.07, 6.45) is 7.23. The molecule has 0 radical (unpaired) electrons. The zero-order valence-electron chi connectivity index (χ0n) is 13.9. The molecule has 2 aliphatic heterocycles. The molecule has 2 atom stereocenters. The first-order valence-electron chi connectivity index (χ1n) is 8.28. The molecule has 7 nitrogen and oxygen atoms in total. The minimum Gasteiger partial charge on any atom is -0.344 e. The van der Waals surface area contributed by atoms with Crippen molar-refractivity contribution in [1.82, 2.24) is 24.7 Å². The first kappa shape index (κ1) is 15.8. The Morgan fingerprint density at radius 3 is 2.87 bits per heavy atom. The van der Waals surface area contributed by atoms with Crippen molar-refractivity contribution >= 4 is 11.9 Å². The van der Waals surface area contributed by atoms with Gasteiger partial charge in [0.25, 0.3) is 0 Å². The van der Waals surface area contributed by atoms with Crippen LogP contribution < -0.4 is 5.32 Å². The number of hydrogen-bond acceptors (Lipinski definition) is 3. The average Bonchev–Trinajstić information content (AvgIpc) is 3.06. The lowest BCUT2D eigenvalue weighted by Crippen LogP contribution is -2.49. The highest BCUT2D eigenvalue weighted by molar-refractivity contribution is 5.81. The lowest BCUT2D eigenvalue weighted by Gasteiger charge is -2.33. The Morgan fingerprint density at radius 2 is 2.22 bits per heavy atom. The summed E-state index contributed by atoms with van der Waals surface area (Å²) in [5.41, 5.74) is 0. The Balaban J connectivity index is 1.52. The summed E-state index contributed by atoms with van der Waals surface area (Å²) in [6.45, 7) is 2.16. The van der Waals surface area contributed by atoms with Gasteiger partial charge in [-0.1, -0.05) is 0 Å². The first-order valence-corrected chi connectivity index (χ1v) is 8.28.